The molecule has 2 aromatic heterocycles. The van der Waals surface area contributed by atoms with Gasteiger partial charge in [-0.2, -0.15) is 0 Å². The third-order valence-corrected chi connectivity index (χ3v) is 4.76. The fraction of sp³-hybridized carbons (Fsp3) is 0.579. The highest BCUT2D eigenvalue weighted by atomic mass is 16.6. The van der Waals surface area contributed by atoms with Gasteiger partial charge >= 0.3 is 6.09 Å². The summed E-state index contributed by atoms with van der Waals surface area (Å²) < 4.78 is 16.0. The molecule has 1 amide bonds. The molecule has 0 aliphatic carbocycles. The zero-order valence-corrected chi connectivity index (χ0v) is 17.0. The number of rotatable bonds is 5. The highest BCUT2D eigenvalue weighted by Gasteiger charge is 2.28. The maximum atomic E-state index is 12.2. The third-order valence-electron chi connectivity index (χ3n) is 4.76. The highest BCUT2D eigenvalue weighted by molar-refractivity contribution is 5.71. The molecule has 0 spiro atoms. The Hall–Kier alpha value is -2.68. The molecule has 152 valence electrons. The van der Waals surface area contributed by atoms with E-state index >= 15 is 0 Å². The number of ether oxygens (including phenoxy) is 2. The molecule has 1 fully saturated rings. The van der Waals surface area contributed by atoms with Crippen LogP contribution in [-0.4, -0.2) is 65.1 Å². The Balaban J connectivity index is 1.82. The van der Waals surface area contributed by atoms with E-state index in [0.717, 1.165) is 34.1 Å². The molecule has 0 unspecified atom stereocenters. The molecule has 0 aromatic carbocycles. The van der Waals surface area contributed by atoms with E-state index in [-0.39, 0.29) is 12.1 Å². The molecule has 9 nitrogen and oxygen atoms in total. The van der Waals surface area contributed by atoms with Crippen LogP contribution in [0.25, 0.3) is 11.3 Å². The Morgan fingerprint density at radius 3 is 2.75 bits per heavy atom. The van der Waals surface area contributed by atoms with E-state index in [1.54, 1.807) is 11.8 Å². The number of carbonyl (C=O) groups excluding carboxylic acids is 1. The molecule has 1 atom stereocenters. The molecule has 3 heterocycles. The minimum absolute atomic E-state index is 0.134. The van der Waals surface area contributed by atoms with Gasteiger partial charge in [0.05, 0.1) is 42.8 Å². The van der Waals surface area contributed by atoms with Crippen molar-refractivity contribution in [1.82, 2.24) is 20.0 Å². The molecule has 0 saturated carbocycles. The van der Waals surface area contributed by atoms with Crippen molar-refractivity contribution in [2.45, 2.75) is 40.7 Å². The number of amides is 1. The van der Waals surface area contributed by atoms with E-state index in [4.69, 9.17) is 14.0 Å². The fourth-order valence-corrected chi connectivity index (χ4v) is 3.35. The number of carbonyl (C=O) groups is 1. The van der Waals surface area contributed by atoms with Gasteiger partial charge in [0.15, 0.2) is 0 Å². The monoisotopic (exact) mass is 389 g/mol. The summed E-state index contributed by atoms with van der Waals surface area (Å²) in [6, 6.07) is -0.134. The quantitative estimate of drug-likeness (QED) is 0.832. The molecule has 1 aliphatic rings. The summed E-state index contributed by atoms with van der Waals surface area (Å²) in [6.45, 7) is 11.7. The van der Waals surface area contributed by atoms with E-state index in [2.05, 4.69) is 20.4 Å². The van der Waals surface area contributed by atoms with E-state index in [1.165, 1.54) is 0 Å². The van der Waals surface area contributed by atoms with Crippen LogP contribution in [0.15, 0.2) is 4.52 Å². The topological polar surface area (TPSA) is 103 Å². The molecule has 2 aromatic rings. The van der Waals surface area contributed by atoms with E-state index in [9.17, 15) is 4.79 Å². The lowest BCUT2D eigenvalue weighted by molar-refractivity contribution is -0.00379. The van der Waals surface area contributed by atoms with Gasteiger partial charge in [0.25, 0.3) is 0 Å². The van der Waals surface area contributed by atoms with Crippen LogP contribution >= 0.6 is 0 Å². The third kappa shape index (κ3) is 4.09. The van der Waals surface area contributed by atoms with Crippen LogP contribution in [0.4, 0.5) is 10.6 Å². The fourth-order valence-electron chi connectivity index (χ4n) is 3.35. The summed E-state index contributed by atoms with van der Waals surface area (Å²) >= 11 is 0. The van der Waals surface area contributed by atoms with Crippen LogP contribution < -0.4 is 5.32 Å². The summed E-state index contributed by atoms with van der Waals surface area (Å²) in [7, 11) is 0. The molecule has 0 bridgehead atoms. The molecular weight excluding hydrogens is 362 g/mol. The van der Waals surface area contributed by atoms with Crippen molar-refractivity contribution in [2.24, 2.45) is 0 Å². The van der Waals surface area contributed by atoms with Gasteiger partial charge in [-0.25, -0.2) is 14.8 Å². The second-order valence-corrected chi connectivity index (χ2v) is 6.79. The van der Waals surface area contributed by atoms with Crippen LogP contribution in [0.1, 0.15) is 29.8 Å². The summed E-state index contributed by atoms with van der Waals surface area (Å²) in [5, 5.41) is 7.39. The molecule has 3 rings (SSSR count). The Bertz CT molecular complexity index is 832. The van der Waals surface area contributed by atoms with Gasteiger partial charge in [0.2, 0.25) is 0 Å². The number of nitrogens with one attached hydrogen (secondary N) is 1. The maximum Gasteiger partial charge on any atom is 0.410 e. The van der Waals surface area contributed by atoms with Gasteiger partial charge in [0, 0.05) is 18.7 Å². The van der Waals surface area contributed by atoms with Gasteiger partial charge in [-0.1, -0.05) is 5.16 Å². The zero-order chi connectivity index (χ0) is 20.3. The van der Waals surface area contributed by atoms with Crippen LogP contribution in [0.2, 0.25) is 0 Å². The molecule has 28 heavy (non-hydrogen) atoms. The first-order valence-electron chi connectivity index (χ1n) is 9.45. The van der Waals surface area contributed by atoms with Crippen LogP contribution in [-0.2, 0) is 9.47 Å². The van der Waals surface area contributed by atoms with Crippen molar-refractivity contribution in [2.75, 3.05) is 38.2 Å². The van der Waals surface area contributed by atoms with Gasteiger partial charge in [-0.15, -0.1) is 0 Å². The zero-order valence-electron chi connectivity index (χ0n) is 17.0. The standard InChI is InChI=1S/C19H27N5O4/c1-6-27-19(25)24-7-8-26-10-15(24)9-20-18-11(2)17(21-14(5)22-18)16-12(3)23-28-13(16)4/h15H,6-10H2,1-5H3,(H,20,21,22)/t15-/m0/s1. The normalized spacial score (nSPS) is 16.9. The number of nitrogens with zero attached hydrogens (tertiary/aromatic N) is 4. The lowest BCUT2D eigenvalue weighted by atomic mass is 10.1. The first kappa shape index (κ1) is 20.1. The SMILES string of the molecule is CCOC(=O)N1CCOC[C@@H]1CNc1nc(C)nc(-c2c(C)noc2C)c1C. The predicted octanol–water partition coefficient (Wildman–Crippen LogP) is 2.63. The average Bonchev–Trinajstić information content (AvgIpc) is 3.01. The largest absolute Gasteiger partial charge is 0.450 e. The summed E-state index contributed by atoms with van der Waals surface area (Å²) in [6.07, 6.45) is -0.315. The predicted molar refractivity (Wildman–Crippen MR) is 103 cm³/mol. The first-order valence-corrected chi connectivity index (χ1v) is 9.45. The maximum absolute atomic E-state index is 12.2. The minimum Gasteiger partial charge on any atom is -0.450 e. The number of aryl methyl sites for hydroxylation is 3. The molecule has 1 N–H and O–H groups in total. The average molecular weight is 389 g/mol. The highest BCUT2D eigenvalue weighted by Crippen LogP contribution is 2.30. The van der Waals surface area contributed by atoms with Gasteiger partial charge in [0.1, 0.15) is 17.4 Å². The van der Waals surface area contributed by atoms with Crippen molar-refractivity contribution >= 4 is 11.9 Å². The van der Waals surface area contributed by atoms with Gasteiger partial charge < -0.3 is 19.3 Å². The molecule has 1 aliphatic heterocycles. The Morgan fingerprint density at radius 1 is 1.29 bits per heavy atom. The van der Waals surface area contributed by atoms with E-state index < -0.39 is 0 Å². The van der Waals surface area contributed by atoms with Gasteiger partial charge in [-0.05, 0) is 34.6 Å². The number of hydrogen-bond acceptors (Lipinski definition) is 8. The second kappa shape index (κ2) is 8.55. The lowest BCUT2D eigenvalue weighted by Gasteiger charge is -2.35. The van der Waals surface area contributed by atoms with Crippen LogP contribution in [0.5, 0.6) is 0 Å². The Labute approximate surface area is 164 Å². The van der Waals surface area contributed by atoms with Crippen molar-refractivity contribution in [3.05, 3.63) is 22.8 Å². The smallest absolute Gasteiger partial charge is 0.410 e. The van der Waals surface area contributed by atoms with Crippen LogP contribution in [0.3, 0.4) is 0 Å². The molecular formula is C19H27N5O4. The summed E-state index contributed by atoms with van der Waals surface area (Å²) in [5.74, 6) is 2.08. The summed E-state index contributed by atoms with van der Waals surface area (Å²) in [4.78, 5) is 23.1. The van der Waals surface area contributed by atoms with Crippen LogP contribution in [0, 0.1) is 27.7 Å². The number of morpholine rings is 1. The van der Waals surface area contributed by atoms with Crippen molar-refractivity contribution in [3.63, 3.8) is 0 Å². The van der Waals surface area contributed by atoms with Crippen molar-refractivity contribution in [1.29, 1.82) is 0 Å². The Morgan fingerprint density at radius 2 is 2.07 bits per heavy atom. The van der Waals surface area contributed by atoms with E-state index in [0.29, 0.717) is 38.7 Å². The lowest BCUT2D eigenvalue weighted by Crippen LogP contribution is -2.52. The number of aromatic nitrogens is 3. The first-order chi connectivity index (χ1) is 13.4. The molecule has 0 radical (unpaired) electrons. The minimum atomic E-state index is -0.315. The number of anilines is 1. The Kier molecular flexibility index (Phi) is 6.13. The van der Waals surface area contributed by atoms with E-state index in [1.807, 2.05) is 27.7 Å². The second-order valence-electron chi connectivity index (χ2n) is 6.79. The van der Waals surface area contributed by atoms with Gasteiger partial charge in [-0.3, -0.25) is 4.90 Å². The van der Waals surface area contributed by atoms with Crippen molar-refractivity contribution < 1.29 is 18.8 Å². The van der Waals surface area contributed by atoms with Crippen molar-refractivity contribution in [3.8, 4) is 11.3 Å². The molecule has 1 saturated heterocycles. The number of hydrogen-bond donors (Lipinski definition) is 1. The summed E-state index contributed by atoms with van der Waals surface area (Å²) in [5.41, 5.74) is 3.38. The molecule has 9 heteroatoms.